The lowest BCUT2D eigenvalue weighted by Crippen LogP contribution is -2.38. The molecule has 2 rings (SSSR count). The predicted octanol–water partition coefficient (Wildman–Crippen LogP) is 1.07. The van der Waals surface area contributed by atoms with E-state index >= 15 is 0 Å². The molecule has 0 aliphatic carbocycles. The van der Waals surface area contributed by atoms with Crippen LogP contribution in [0.4, 0.5) is 10.5 Å². The summed E-state index contributed by atoms with van der Waals surface area (Å²) < 4.78 is 0. The smallest absolute Gasteiger partial charge is 0.315 e. The maximum absolute atomic E-state index is 12.2. The van der Waals surface area contributed by atoms with Crippen LogP contribution in [0.15, 0.2) is 30.9 Å². The van der Waals surface area contributed by atoms with Gasteiger partial charge in [-0.1, -0.05) is 6.08 Å². The van der Waals surface area contributed by atoms with E-state index in [2.05, 4.69) is 17.2 Å². The van der Waals surface area contributed by atoms with Crippen molar-refractivity contribution in [2.24, 2.45) is 0 Å². The maximum Gasteiger partial charge on any atom is 0.315 e. The highest BCUT2D eigenvalue weighted by Gasteiger charge is 2.36. The molecular weight excluding hydrogens is 316 g/mol. The second kappa shape index (κ2) is 7.36. The normalized spacial score (nSPS) is 12.8. The number of hydrogen-bond donors (Lipinski definition) is 2. The van der Waals surface area contributed by atoms with E-state index in [1.165, 1.54) is 18.2 Å². The third-order valence-corrected chi connectivity index (χ3v) is 3.42. The number of non-ortho nitro benzene ring substituents is 1. The van der Waals surface area contributed by atoms with Crippen molar-refractivity contribution < 1.29 is 19.3 Å². The highest BCUT2D eigenvalue weighted by atomic mass is 16.6. The molecule has 0 unspecified atom stereocenters. The Kier molecular flexibility index (Phi) is 5.25. The van der Waals surface area contributed by atoms with Gasteiger partial charge in [0.05, 0.1) is 16.1 Å². The number of nitrogens with zero attached hydrogens (tertiary/aromatic N) is 2. The Labute approximate surface area is 137 Å². The topological polar surface area (TPSA) is 122 Å². The zero-order valence-corrected chi connectivity index (χ0v) is 12.8. The van der Waals surface area contributed by atoms with Crippen LogP contribution < -0.4 is 10.6 Å². The molecule has 0 saturated carbocycles. The summed E-state index contributed by atoms with van der Waals surface area (Å²) in [5.41, 5.74) is -0.0505. The molecule has 0 atom stereocenters. The van der Waals surface area contributed by atoms with E-state index in [0.717, 1.165) is 11.0 Å². The molecule has 1 aliphatic rings. The lowest BCUT2D eigenvalue weighted by molar-refractivity contribution is -0.384. The number of nitro benzene ring substituents is 1. The van der Waals surface area contributed by atoms with Crippen LogP contribution in [0.2, 0.25) is 0 Å². The molecule has 1 aromatic rings. The zero-order chi connectivity index (χ0) is 17.7. The van der Waals surface area contributed by atoms with Crippen molar-refractivity contribution >= 4 is 23.5 Å². The van der Waals surface area contributed by atoms with Crippen molar-refractivity contribution in [3.63, 3.8) is 0 Å². The van der Waals surface area contributed by atoms with Crippen molar-refractivity contribution in [1.82, 2.24) is 15.5 Å². The molecule has 0 fully saturated rings. The third-order valence-electron chi connectivity index (χ3n) is 3.42. The van der Waals surface area contributed by atoms with Gasteiger partial charge in [0.1, 0.15) is 0 Å². The molecule has 2 N–H and O–H groups in total. The van der Waals surface area contributed by atoms with Crippen LogP contribution >= 0.6 is 0 Å². The Morgan fingerprint density at radius 3 is 2.62 bits per heavy atom. The number of amides is 4. The van der Waals surface area contributed by atoms with Gasteiger partial charge >= 0.3 is 6.03 Å². The summed E-state index contributed by atoms with van der Waals surface area (Å²) in [6, 6.07) is 3.22. The molecule has 1 aliphatic heterocycles. The summed E-state index contributed by atoms with van der Waals surface area (Å²) in [5.74, 6) is -1.05. The fourth-order valence-electron chi connectivity index (χ4n) is 2.26. The first-order valence-electron chi connectivity index (χ1n) is 7.23. The fraction of sp³-hybridized carbons (Fsp3) is 0.267. The summed E-state index contributed by atoms with van der Waals surface area (Å²) >= 11 is 0. The van der Waals surface area contributed by atoms with Crippen molar-refractivity contribution in [1.29, 1.82) is 0 Å². The largest absolute Gasteiger partial charge is 0.338 e. The lowest BCUT2D eigenvalue weighted by atomic mass is 10.1. The molecule has 0 aromatic heterocycles. The van der Waals surface area contributed by atoms with Crippen molar-refractivity contribution in [2.75, 3.05) is 19.6 Å². The first kappa shape index (κ1) is 17.1. The Morgan fingerprint density at radius 1 is 1.25 bits per heavy atom. The Hall–Kier alpha value is -3.23. The average Bonchev–Trinajstić information content (AvgIpc) is 2.80. The minimum Gasteiger partial charge on any atom is -0.338 e. The van der Waals surface area contributed by atoms with Crippen LogP contribution in [0.1, 0.15) is 27.1 Å². The van der Waals surface area contributed by atoms with Crippen molar-refractivity contribution in [2.45, 2.75) is 6.42 Å². The van der Waals surface area contributed by atoms with Gasteiger partial charge in [-0.15, -0.1) is 6.58 Å². The summed E-state index contributed by atoms with van der Waals surface area (Å²) in [6.07, 6.45) is 1.91. The Morgan fingerprint density at radius 2 is 1.96 bits per heavy atom. The average molecular weight is 332 g/mol. The highest BCUT2D eigenvalue weighted by molar-refractivity contribution is 6.21. The number of nitrogens with one attached hydrogen (secondary N) is 2. The molecule has 9 nitrogen and oxygen atoms in total. The number of benzene rings is 1. The minimum absolute atomic E-state index is 0.0332. The number of fused-ring (bicyclic) bond motifs is 1. The van der Waals surface area contributed by atoms with E-state index in [4.69, 9.17) is 0 Å². The summed E-state index contributed by atoms with van der Waals surface area (Å²) in [5, 5.41) is 15.9. The quantitative estimate of drug-likeness (QED) is 0.254. The molecule has 0 bridgehead atoms. The first-order valence-corrected chi connectivity index (χ1v) is 7.23. The molecule has 0 spiro atoms. The first-order chi connectivity index (χ1) is 11.5. The second-order valence-electron chi connectivity index (χ2n) is 5.03. The Bertz CT molecular complexity index is 716. The number of carbonyl (C=O) groups is 3. The summed E-state index contributed by atoms with van der Waals surface area (Å²) in [4.78, 5) is 46.9. The number of imide groups is 1. The van der Waals surface area contributed by atoms with Gasteiger partial charge < -0.3 is 10.6 Å². The van der Waals surface area contributed by atoms with Gasteiger partial charge in [0, 0.05) is 31.8 Å². The van der Waals surface area contributed by atoms with Crippen LogP contribution in [0.5, 0.6) is 0 Å². The number of rotatable bonds is 7. The van der Waals surface area contributed by atoms with Crippen LogP contribution in [-0.4, -0.2) is 47.3 Å². The van der Waals surface area contributed by atoms with Gasteiger partial charge in [-0.2, -0.15) is 0 Å². The molecule has 0 radical (unpaired) electrons. The minimum atomic E-state index is -0.619. The maximum atomic E-state index is 12.2. The molecule has 9 heteroatoms. The van der Waals surface area contributed by atoms with Gasteiger partial charge in [0.15, 0.2) is 0 Å². The number of carbonyl (C=O) groups excluding carboxylic acids is 3. The number of nitro groups is 1. The van der Waals surface area contributed by atoms with E-state index in [-0.39, 0.29) is 35.9 Å². The monoisotopic (exact) mass is 332 g/mol. The van der Waals surface area contributed by atoms with Crippen LogP contribution in [0, 0.1) is 10.1 Å². The number of urea groups is 1. The van der Waals surface area contributed by atoms with Crippen LogP contribution in [0.25, 0.3) is 0 Å². The zero-order valence-electron chi connectivity index (χ0n) is 12.8. The molecular formula is C15H16N4O5. The van der Waals surface area contributed by atoms with E-state index in [1.54, 1.807) is 0 Å². The van der Waals surface area contributed by atoms with E-state index in [0.29, 0.717) is 13.0 Å². The van der Waals surface area contributed by atoms with Gasteiger partial charge in [-0.3, -0.25) is 24.6 Å². The molecule has 1 heterocycles. The third kappa shape index (κ3) is 3.57. The standard InChI is InChI=1S/C15H16N4O5/c1-2-6-16-15(22)17-7-3-8-18-13(20)11-5-4-10(19(23)24)9-12(11)14(18)21/h2,4-5,9H,1,3,6-8H2,(H2,16,17,22). The van der Waals surface area contributed by atoms with Crippen LogP contribution in [-0.2, 0) is 0 Å². The second-order valence-corrected chi connectivity index (χ2v) is 5.03. The number of hydrogen-bond acceptors (Lipinski definition) is 5. The van der Waals surface area contributed by atoms with Gasteiger partial charge in [0.25, 0.3) is 17.5 Å². The fourth-order valence-corrected chi connectivity index (χ4v) is 2.26. The molecule has 4 amide bonds. The summed E-state index contributed by atoms with van der Waals surface area (Å²) in [6.45, 7) is 4.19. The predicted molar refractivity (Wildman–Crippen MR) is 84.7 cm³/mol. The highest BCUT2D eigenvalue weighted by Crippen LogP contribution is 2.26. The molecule has 1 aromatic carbocycles. The lowest BCUT2D eigenvalue weighted by Gasteiger charge is -2.13. The SMILES string of the molecule is C=CCNC(=O)NCCCN1C(=O)c2ccc([N+](=O)[O-])cc2C1=O. The van der Waals surface area contributed by atoms with Gasteiger partial charge in [-0.05, 0) is 12.5 Å². The van der Waals surface area contributed by atoms with E-state index in [1.807, 2.05) is 0 Å². The summed E-state index contributed by atoms with van der Waals surface area (Å²) in [7, 11) is 0. The van der Waals surface area contributed by atoms with Gasteiger partial charge in [-0.25, -0.2) is 4.79 Å². The van der Waals surface area contributed by atoms with Crippen LogP contribution in [0.3, 0.4) is 0 Å². The van der Waals surface area contributed by atoms with Gasteiger partial charge in [0.2, 0.25) is 0 Å². The molecule has 0 saturated heterocycles. The van der Waals surface area contributed by atoms with Crippen molar-refractivity contribution in [3.05, 3.63) is 52.1 Å². The molecule has 126 valence electrons. The van der Waals surface area contributed by atoms with Crippen molar-refractivity contribution in [3.8, 4) is 0 Å². The Balaban J connectivity index is 1.92. The molecule has 24 heavy (non-hydrogen) atoms. The van der Waals surface area contributed by atoms with E-state index < -0.39 is 16.7 Å². The van der Waals surface area contributed by atoms with E-state index in [9.17, 15) is 24.5 Å².